The van der Waals surface area contributed by atoms with Crippen LogP contribution in [0.1, 0.15) is 35.2 Å². The summed E-state index contributed by atoms with van der Waals surface area (Å²) in [6, 6.07) is 13.2. The van der Waals surface area contributed by atoms with Crippen molar-refractivity contribution in [3.05, 3.63) is 65.5 Å². The molecule has 25 heavy (non-hydrogen) atoms. The van der Waals surface area contributed by atoms with E-state index >= 15 is 0 Å². The first-order valence-electron chi connectivity index (χ1n) is 8.27. The Labute approximate surface area is 147 Å². The predicted molar refractivity (Wildman–Crippen MR) is 94.3 cm³/mol. The third-order valence-corrected chi connectivity index (χ3v) is 3.87. The van der Waals surface area contributed by atoms with Gasteiger partial charge in [-0.3, -0.25) is 9.59 Å². The Morgan fingerprint density at radius 1 is 1.00 bits per heavy atom. The molecule has 0 spiro atoms. The summed E-state index contributed by atoms with van der Waals surface area (Å²) < 4.78 is 17.9. The number of carbonyl (C=O) groups excluding carboxylic acids is 2. The van der Waals surface area contributed by atoms with E-state index in [1.165, 1.54) is 12.1 Å². The number of hydrogen-bond donors (Lipinski definition) is 1. The number of Topliss-reactive ketones (excluding diaryl/α,β-unsaturated/α-hetero) is 1. The number of carbonyl (C=O) groups is 2. The van der Waals surface area contributed by atoms with Crippen LogP contribution in [0.4, 0.5) is 4.39 Å². The minimum absolute atomic E-state index is 0.0155. The summed E-state index contributed by atoms with van der Waals surface area (Å²) >= 11 is 0. The van der Waals surface area contributed by atoms with Gasteiger partial charge in [0.15, 0.2) is 5.78 Å². The van der Waals surface area contributed by atoms with Crippen LogP contribution in [-0.4, -0.2) is 25.3 Å². The molecule has 0 aliphatic heterocycles. The molecule has 0 unspecified atom stereocenters. The molecule has 1 amide bonds. The van der Waals surface area contributed by atoms with E-state index < -0.39 is 0 Å². The SMILES string of the molecule is COc1ccc(C(=O)CCCC(=O)NCCc2ccc(F)cc2)cc1. The van der Waals surface area contributed by atoms with Crippen molar-refractivity contribution < 1.29 is 18.7 Å². The van der Waals surface area contributed by atoms with Crippen LogP contribution >= 0.6 is 0 Å². The number of ether oxygens (including phenoxy) is 1. The minimum Gasteiger partial charge on any atom is -0.497 e. The molecular weight excluding hydrogens is 321 g/mol. The van der Waals surface area contributed by atoms with Crippen molar-refractivity contribution in [2.45, 2.75) is 25.7 Å². The Bertz CT molecular complexity index is 696. The van der Waals surface area contributed by atoms with E-state index in [0.717, 1.165) is 5.56 Å². The zero-order valence-electron chi connectivity index (χ0n) is 14.3. The van der Waals surface area contributed by atoms with Gasteiger partial charge in [0.1, 0.15) is 11.6 Å². The van der Waals surface area contributed by atoms with Gasteiger partial charge in [0.2, 0.25) is 5.91 Å². The summed E-state index contributed by atoms with van der Waals surface area (Å²) in [7, 11) is 1.57. The maximum atomic E-state index is 12.8. The molecule has 5 heteroatoms. The third-order valence-electron chi connectivity index (χ3n) is 3.87. The Kier molecular flexibility index (Phi) is 7.14. The Hall–Kier alpha value is -2.69. The maximum absolute atomic E-state index is 12.8. The van der Waals surface area contributed by atoms with Crippen molar-refractivity contribution in [3.8, 4) is 5.75 Å². The summed E-state index contributed by atoms with van der Waals surface area (Å²) in [6.45, 7) is 0.497. The predicted octanol–water partition coefficient (Wildman–Crippen LogP) is 3.55. The summed E-state index contributed by atoms with van der Waals surface area (Å²) in [5, 5.41) is 2.81. The van der Waals surface area contributed by atoms with Gasteiger partial charge >= 0.3 is 0 Å². The number of halogens is 1. The van der Waals surface area contributed by atoms with Gasteiger partial charge in [-0.2, -0.15) is 0 Å². The van der Waals surface area contributed by atoms with Gasteiger partial charge in [0.05, 0.1) is 7.11 Å². The van der Waals surface area contributed by atoms with Gasteiger partial charge in [-0.1, -0.05) is 12.1 Å². The standard InChI is InChI=1S/C20H22FNO3/c1-25-18-11-7-16(8-12-18)19(23)3-2-4-20(24)22-14-13-15-5-9-17(21)10-6-15/h5-12H,2-4,13-14H2,1H3,(H,22,24). The normalized spacial score (nSPS) is 10.3. The van der Waals surface area contributed by atoms with E-state index in [0.29, 0.717) is 43.5 Å². The molecule has 2 aromatic rings. The first kappa shape index (κ1) is 18.6. The van der Waals surface area contributed by atoms with Crippen LogP contribution in [0.5, 0.6) is 5.75 Å². The second-order valence-corrected chi connectivity index (χ2v) is 5.73. The molecule has 0 saturated heterocycles. The van der Waals surface area contributed by atoms with E-state index in [-0.39, 0.29) is 17.5 Å². The van der Waals surface area contributed by atoms with Crippen LogP contribution in [0.25, 0.3) is 0 Å². The van der Waals surface area contributed by atoms with Gasteiger partial charge in [0.25, 0.3) is 0 Å². The summed E-state index contributed by atoms with van der Waals surface area (Å²) in [6.07, 6.45) is 1.80. The third kappa shape index (κ3) is 6.37. The average Bonchev–Trinajstić information content (AvgIpc) is 2.63. The molecular formula is C20H22FNO3. The summed E-state index contributed by atoms with van der Waals surface area (Å²) in [5.41, 5.74) is 1.59. The van der Waals surface area contributed by atoms with Gasteiger partial charge in [0, 0.05) is 24.9 Å². The topological polar surface area (TPSA) is 55.4 Å². The van der Waals surface area contributed by atoms with Gasteiger partial charge in [-0.25, -0.2) is 4.39 Å². The molecule has 0 atom stereocenters. The molecule has 0 heterocycles. The van der Waals surface area contributed by atoms with Crippen molar-refractivity contribution in [3.63, 3.8) is 0 Å². The van der Waals surface area contributed by atoms with Gasteiger partial charge < -0.3 is 10.1 Å². The average molecular weight is 343 g/mol. The van der Waals surface area contributed by atoms with E-state index in [1.54, 1.807) is 43.5 Å². The van der Waals surface area contributed by atoms with Crippen molar-refractivity contribution in [1.82, 2.24) is 5.32 Å². The number of amides is 1. The van der Waals surface area contributed by atoms with Crippen molar-refractivity contribution >= 4 is 11.7 Å². The lowest BCUT2D eigenvalue weighted by atomic mass is 10.1. The molecule has 0 bridgehead atoms. The van der Waals surface area contributed by atoms with Gasteiger partial charge in [-0.05, 0) is 54.8 Å². The maximum Gasteiger partial charge on any atom is 0.220 e. The molecule has 1 N–H and O–H groups in total. The smallest absolute Gasteiger partial charge is 0.220 e. The van der Waals surface area contributed by atoms with Crippen LogP contribution < -0.4 is 10.1 Å². The van der Waals surface area contributed by atoms with E-state index in [1.807, 2.05) is 0 Å². The number of benzene rings is 2. The fourth-order valence-electron chi connectivity index (χ4n) is 2.42. The highest BCUT2D eigenvalue weighted by atomic mass is 19.1. The quantitative estimate of drug-likeness (QED) is 0.709. The van der Waals surface area contributed by atoms with Crippen LogP contribution in [0.15, 0.2) is 48.5 Å². The molecule has 0 fully saturated rings. The minimum atomic E-state index is -0.269. The van der Waals surface area contributed by atoms with Crippen molar-refractivity contribution in [2.24, 2.45) is 0 Å². The zero-order chi connectivity index (χ0) is 18.1. The highest BCUT2D eigenvalue weighted by molar-refractivity contribution is 5.96. The second-order valence-electron chi connectivity index (χ2n) is 5.73. The molecule has 0 aromatic heterocycles. The molecule has 0 radical (unpaired) electrons. The first-order valence-corrected chi connectivity index (χ1v) is 8.27. The van der Waals surface area contributed by atoms with Crippen LogP contribution in [0.2, 0.25) is 0 Å². The number of rotatable bonds is 9. The molecule has 2 rings (SSSR count). The fourth-order valence-corrected chi connectivity index (χ4v) is 2.42. The number of nitrogens with one attached hydrogen (secondary N) is 1. The number of hydrogen-bond acceptors (Lipinski definition) is 3. The summed E-state index contributed by atoms with van der Waals surface area (Å²) in [4.78, 5) is 23.8. The van der Waals surface area contributed by atoms with E-state index in [2.05, 4.69) is 5.32 Å². The van der Waals surface area contributed by atoms with Gasteiger partial charge in [-0.15, -0.1) is 0 Å². The number of methoxy groups -OCH3 is 1. The van der Waals surface area contributed by atoms with Crippen LogP contribution in [0.3, 0.4) is 0 Å². The highest BCUT2D eigenvalue weighted by Crippen LogP contribution is 2.13. The van der Waals surface area contributed by atoms with Crippen LogP contribution in [-0.2, 0) is 11.2 Å². The monoisotopic (exact) mass is 343 g/mol. The number of ketones is 1. The first-order chi connectivity index (χ1) is 12.1. The molecule has 0 aliphatic rings. The summed E-state index contributed by atoms with van der Waals surface area (Å²) in [5.74, 6) is 0.373. The second kappa shape index (κ2) is 9.57. The lowest BCUT2D eigenvalue weighted by Crippen LogP contribution is -2.25. The van der Waals surface area contributed by atoms with Crippen molar-refractivity contribution in [2.75, 3.05) is 13.7 Å². The highest BCUT2D eigenvalue weighted by Gasteiger charge is 2.08. The zero-order valence-corrected chi connectivity index (χ0v) is 14.3. The Balaban J connectivity index is 1.64. The fraction of sp³-hybridized carbons (Fsp3) is 0.300. The molecule has 0 aliphatic carbocycles. The van der Waals surface area contributed by atoms with Crippen molar-refractivity contribution in [1.29, 1.82) is 0 Å². The van der Waals surface area contributed by atoms with Crippen LogP contribution in [0, 0.1) is 5.82 Å². The van der Waals surface area contributed by atoms with E-state index in [9.17, 15) is 14.0 Å². The lowest BCUT2D eigenvalue weighted by Gasteiger charge is -2.06. The largest absolute Gasteiger partial charge is 0.497 e. The molecule has 132 valence electrons. The Morgan fingerprint density at radius 3 is 2.32 bits per heavy atom. The Morgan fingerprint density at radius 2 is 1.68 bits per heavy atom. The molecule has 0 saturated carbocycles. The lowest BCUT2D eigenvalue weighted by molar-refractivity contribution is -0.121. The molecule has 2 aromatic carbocycles. The molecule has 4 nitrogen and oxygen atoms in total. The van der Waals surface area contributed by atoms with E-state index in [4.69, 9.17) is 4.74 Å².